The van der Waals surface area contributed by atoms with Crippen LogP contribution in [-0.4, -0.2) is 76.0 Å². The minimum atomic E-state index is -0.214. The molecule has 0 bridgehead atoms. The molecule has 2 aliphatic rings. The van der Waals surface area contributed by atoms with Gasteiger partial charge in [0.05, 0.1) is 10.5 Å². The largest absolute Gasteiger partial charge is 0.353 e. The van der Waals surface area contributed by atoms with Crippen molar-refractivity contribution in [2.75, 3.05) is 49.5 Å². The Morgan fingerprint density at radius 2 is 1.72 bits per heavy atom. The molecular weight excluding hydrogens is 510 g/mol. The number of carbonyl (C=O) groups is 2. The lowest BCUT2D eigenvalue weighted by molar-refractivity contribution is 0.102. The van der Waals surface area contributed by atoms with Gasteiger partial charge in [0.25, 0.3) is 5.91 Å². The normalized spacial score (nSPS) is 16.5. The number of pyridine rings is 2. The summed E-state index contributed by atoms with van der Waals surface area (Å²) >= 11 is 1.53. The second kappa shape index (κ2) is 11.0. The average Bonchev–Trinajstić information content (AvgIpc) is 3.48. The van der Waals surface area contributed by atoms with Gasteiger partial charge in [0.15, 0.2) is 0 Å². The summed E-state index contributed by atoms with van der Waals surface area (Å²) in [6, 6.07) is 15.7. The van der Waals surface area contributed by atoms with E-state index >= 15 is 0 Å². The van der Waals surface area contributed by atoms with Crippen LogP contribution >= 0.6 is 11.3 Å². The van der Waals surface area contributed by atoms with E-state index in [0.29, 0.717) is 31.9 Å². The van der Waals surface area contributed by atoms with Crippen LogP contribution in [0.3, 0.4) is 0 Å². The zero-order valence-electron chi connectivity index (χ0n) is 21.9. The molecule has 2 saturated heterocycles. The Hall–Kier alpha value is -4.05. The molecule has 3 aromatic heterocycles. The third kappa shape index (κ3) is 5.56. The van der Waals surface area contributed by atoms with Crippen molar-refractivity contribution in [1.82, 2.24) is 24.8 Å². The minimum absolute atomic E-state index is 0.120. The van der Waals surface area contributed by atoms with Crippen molar-refractivity contribution in [3.05, 3.63) is 76.5 Å². The van der Waals surface area contributed by atoms with E-state index in [-0.39, 0.29) is 17.9 Å². The number of carbonyl (C=O) groups excluding carboxylic acids is 2. The van der Waals surface area contributed by atoms with Gasteiger partial charge in [0.2, 0.25) is 0 Å². The number of nitrogens with zero attached hydrogens (tertiary/aromatic N) is 6. The molecule has 9 nitrogen and oxygen atoms in total. The summed E-state index contributed by atoms with van der Waals surface area (Å²) in [4.78, 5) is 45.8. The number of benzene rings is 1. The van der Waals surface area contributed by atoms with Gasteiger partial charge in [0, 0.05) is 73.5 Å². The highest BCUT2D eigenvalue weighted by Crippen LogP contribution is 2.31. The molecule has 6 rings (SSSR count). The lowest BCUT2D eigenvalue weighted by Gasteiger charge is -2.39. The van der Waals surface area contributed by atoms with E-state index in [2.05, 4.69) is 25.2 Å². The van der Waals surface area contributed by atoms with E-state index in [1.807, 2.05) is 70.6 Å². The number of thiazole rings is 1. The van der Waals surface area contributed by atoms with E-state index < -0.39 is 0 Å². The first-order valence-corrected chi connectivity index (χ1v) is 14.3. The number of aryl methyl sites for hydroxylation is 1. The lowest BCUT2D eigenvalue weighted by atomic mass is 9.98. The van der Waals surface area contributed by atoms with Crippen molar-refractivity contribution in [1.29, 1.82) is 0 Å². The molecule has 2 fully saturated rings. The first kappa shape index (κ1) is 25.2. The summed E-state index contributed by atoms with van der Waals surface area (Å²) in [6.07, 6.45) is 3.51. The minimum Gasteiger partial charge on any atom is -0.353 e. The molecule has 0 radical (unpaired) electrons. The van der Waals surface area contributed by atoms with E-state index in [0.717, 1.165) is 59.0 Å². The van der Waals surface area contributed by atoms with Crippen LogP contribution in [0.4, 0.5) is 16.3 Å². The van der Waals surface area contributed by atoms with Crippen molar-refractivity contribution in [3.8, 4) is 0 Å². The number of rotatable bonds is 4. The molecule has 0 aliphatic carbocycles. The number of amides is 3. The number of piperazine rings is 1. The molecule has 10 heteroatoms. The van der Waals surface area contributed by atoms with E-state index in [9.17, 15) is 9.59 Å². The molecule has 4 aromatic rings. The number of hydrogen-bond donors (Lipinski definition) is 1. The summed E-state index contributed by atoms with van der Waals surface area (Å²) in [6.45, 7) is 6.35. The maximum absolute atomic E-state index is 13.2. The molecule has 0 unspecified atom stereocenters. The number of anilines is 2. The van der Waals surface area contributed by atoms with Gasteiger partial charge in [-0.05, 0) is 56.2 Å². The number of fused-ring (bicyclic) bond motifs is 1. The highest BCUT2D eigenvalue weighted by Gasteiger charge is 2.30. The Bertz CT molecular complexity index is 1480. The molecule has 200 valence electrons. The van der Waals surface area contributed by atoms with Gasteiger partial charge in [-0.3, -0.25) is 9.78 Å². The quantitative estimate of drug-likeness (QED) is 0.400. The second-order valence-corrected chi connectivity index (χ2v) is 11.0. The maximum atomic E-state index is 13.2. The Morgan fingerprint density at radius 3 is 2.49 bits per heavy atom. The summed E-state index contributed by atoms with van der Waals surface area (Å²) in [7, 11) is 0. The van der Waals surface area contributed by atoms with Crippen molar-refractivity contribution in [3.63, 3.8) is 0 Å². The van der Waals surface area contributed by atoms with E-state index in [4.69, 9.17) is 0 Å². The molecule has 2 aliphatic heterocycles. The predicted octanol–water partition coefficient (Wildman–Crippen LogP) is 4.77. The molecule has 5 heterocycles. The highest BCUT2D eigenvalue weighted by molar-refractivity contribution is 7.10. The molecule has 1 aromatic carbocycles. The van der Waals surface area contributed by atoms with Crippen LogP contribution in [0.2, 0.25) is 0 Å². The molecular formula is C29H31N7O2S. The van der Waals surface area contributed by atoms with Crippen LogP contribution in [0, 0.1) is 6.92 Å². The molecule has 1 N–H and O–H groups in total. The van der Waals surface area contributed by atoms with E-state index in [1.165, 1.54) is 11.3 Å². The van der Waals surface area contributed by atoms with Gasteiger partial charge in [-0.25, -0.2) is 14.8 Å². The van der Waals surface area contributed by atoms with Crippen LogP contribution in [0.1, 0.15) is 39.9 Å². The summed E-state index contributed by atoms with van der Waals surface area (Å²) < 4.78 is 0. The van der Waals surface area contributed by atoms with Crippen molar-refractivity contribution in [2.45, 2.75) is 25.7 Å². The van der Waals surface area contributed by atoms with Gasteiger partial charge in [-0.15, -0.1) is 11.3 Å². The smallest absolute Gasteiger partial charge is 0.320 e. The third-order valence-corrected chi connectivity index (χ3v) is 8.49. The molecule has 0 saturated carbocycles. The van der Waals surface area contributed by atoms with E-state index in [1.54, 1.807) is 6.20 Å². The van der Waals surface area contributed by atoms with Gasteiger partial charge in [-0.2, -0.15) is 0 Å². The predicted molar refractivity (Wildman–Crippen MR) is 154 cm³/mol. The number of aromatic nitrogens is 3. The van der Waals surface area contributed by atoms with Crippen LogP contribution in [-0.2, 0) is 0 Å². The zero-order chi connectivity index (χ0) is 26.8. The topological polar surface area (TPSA) is 94.6 Å². The van der Waals surface area contributed by atoms with Gasteiger partial charge in [-0.1, -0.05) is 12.1 Å². The van der Waals surface area contributed by atoms with Crippen LogP contribution in [0.25, 0.3) is 10.9 Å². The maximum Gasteiger partial charge on any atom is 0.320 e. The number of nitrogens with one attached hydrogen (secondary N) is 1. The zero-order valence-corrected chi connectivity index (χ0v) is 22.7. The molecule has 3 amide bonds. The number of piperidine rings is 1. The number of urea groups is 1. The van der Waals surface area contributed by atoms with Crippen LogP contribution in [0.15, 0.2) is 60.1 Å². The number of hydrogen-bond acceptors (Lipinski definition) is 7. The second-order valence-electron chi connectivity index (χ2n) is 10.1. The summed E-state index contributed by atoms with van der Waals surface area (Å²) in [5.41, 5.74) is 3.02. The van der Waals surface area contributed by atoms with Gasteiger partial charge >= 0.3 is 6.03 Å². The monoisotopic (exact) mass is 541 g/mol. The Balaban J connectivity index is 1.01. The Kier molecular flexibility index (Phi) is 7.10. The van der Waals surface area contributed by atoms with Crippen molar-refractivity contribution >= 4 is 45.7 Å². The third-order valence-electron chi connectivity index (χ3n) is 7.48. The summed E-state index contributed by atoms with van der Waals surface area (Å²) in [5.74, 6) is 1.01. The SMILES string of the molecule is Cc1ccc2cc(NC(=O)c3csc(C4CCN(C(=O)N5CCN(c6ccccn6)CC5)CC4)n3)ccc2n1. The first-order chi connectivity index (χ1) is 19.0. The number of likely N-dealkylation sites (tertiary alicyclic amines) is 1. The van der Waals surface area contributed by atoms with Crippen molar-refractivity contribution < 1.29 is 9.59 Å². The highest BCUT2D eigenvalue weighted by atomic mass is 32.1. The van der Waals surface area contributed by atoms with Crippen LogP contribution < -0.4 is 10.2 Å². The molecule has 0 spiro atoms. The fraction of sp³-hybridized carbons (Fsp3) is 0.345. The molecule has 0 atom stereocenters. The average molecular weight is 542 g/mol. The fourth-order valence-corrected chi connectivity index (χ4v) is 6.24. The fourth-order valence-electron chi connectivity index (χ4n) is 5.27. The Labute approximate surface area is 231 Å². The Morgan fingerprint density at radius 1 is 0.923 bits per heavy atom. The first-order valence-electron chi connectivity index (χ1n) is 13.4. The van der Waals surface area contributed by atoms with Crippen LogP contribution in [0.5, 0.6) is 0 Å². The summed E-state index contributed by atoms with van der Waals surface area (Å²) in [5, 5.41) is 6.74. The van der Waals surface area contributed by atoms with Gasteiger partial charge in [0.1, 0.15) is 11.5 Å². The van der Waals surface area contributed by atoms with Gasteiger partial charge < -0.3 is 20.0 Å². The molecule has 39 heavy (non-hydrogen) atoms. The lowest BCUT2D eigenvalue weighted by Crippen LogP contribution is -2.54. The van der Waals surface area contributed by atoms with Crippen molar-refractivity contribution in [2.24, 2.45) is 0 Å². The standard InChI is InChI=1S/C29H31N7O2S/c1-20-5-6-22-18-23(7-8-24(22)31-20)32-27(37)25-19-39-28(33-25)21-9-12-35(13-10-21)29(38)36-16-14-34(15-17-36)26-4-2-3-11-30-26/h2-8,11,18-19,21H,9-10,12-17H2,1H3,(H,32,37).